The van der Waals surface area contributed by atoms with Crippen LogP contribution < -0.4 is 4.74 Å². The minimum absolute atomic E-state index is 0.659. The number of hydrogen-bond acceptors (Lipinski definition) is 4. The number of nitrogens with zero attached hydrogens (tertiary/aromatic N) is 2. The minimum atomic E-state index is 0.659. The normalized spacial score (nSPS) is 15.6. The first-order valence-electron chi connectivity index (χ1n) is 7.65. The van der Waals surface area contributed by atoms with Gasteiger partial charge in [0, 0.05) is 25.0 Å². The molecule has 114 valence electrons. The van der Waals surface area contributed by atoms with Crippen molar-refractivity contribution in [3.63, 3.8) is 0 Å². The average molecular weight is 296 g/mol. The highest BCUT2D eigenvalue weighted by Crippen LogP contribution is 2.20. The van der Waals surface area contributed by atoms with E-state index in [9.17, 15) is 0 Å². The first kappa shape index (κ1) is 14.8. The summed E-state index contributed by atoms with van der Waals surface area (Å²) in [7, 11) is 0. The van der Waals surface area contributed by atoms with Gasteiger partial charge in [0.05, 0.1) is 25.3 Å². The Labute approximate surface area is 131 Å². The molecule has 0 atom stereocenters. The molecule has 0 radical (unpaired) electrons. The molecular formula is C18H20N2O2. The molecule has 2 heterocycles. The molecule has 3 rings (SSSR count). The average Bonchev–Trinajstić information content (AvgIpc) is 2.59. The van der Waals surface area contributed by atoms with Crippen molar-refractivity contribution in [1.29, 1.82) is 0 Å². The van der Waals surface area contributed by atoms with E-state index in [0.29, 0.717) is 5.69 Å². The molecule has 1 aromatic heterocycles. The van der Waals surface area contributed by atoms with Gasteiger partial charge in [-0.2, -0.15) is 0 Å². The van der Waals surface area contributed by atoms with Gasteiger partial charge in [-0.05, 0) is 36.8 Å². The largest absolute Gasteiger partial charge is 0.494 e. The summed E-state index contributed by atoms with van der Waals surface area (Å²) in [5.41, 5.74) is 1.56. The number of fused-ring (bicyclic) bond motifs is 1. The summed E-state index contributed by atoms with van der Waals surface area (Å²) >= 11 is 0. The molecule has 0 spiro atoms. The highest BCUT2D eigenvalue weighted by atomic mass is 16.5. The zero-order valence-electron chi connectivity index (χ0n) is 12.6. The Morgan fingerprint density at radius 2 is 2.09 bits per heavy atom. The SMILES string of the molecule is C#Cc1ccc2cc(OCCCN3CCOCC3)ccc2n1. The van der Waals surface area contributed by atoms with Gasteiger partial charge in [0.1, 0.15) is 11.4 Å². The van der Waals surface area contributed by atoms with Crippen molar-refractivity contribution >= 4 is 10.9 Å². The second-order valence-electron chi connectivity index (χ2n) is 5.35. The molecule has 1 aliphatic heterocycles. The van der Waals surface area contributed by atoms with Crippen molar-refractivity contribution in [1.82, 2.24) is 9.88 Å². The summed E-state index contributed by atoms with van der Waals surface area (Å²) in [4.78, 5) is 6.80. The van der Waals surface area contributed by atoms with Crippen LogP contribution in [0.4, 0.5) is 0 Å². The lowest BCUT2D eigenvalue weighted by molar-refractivity contribution is 0.0358. The fraction of sp³-hybridized carbons (Fsp3) is 0.389. The monoisotopic (exact) mass is 296 g/mol. The summed E-state index contributed by atoms with van der Waals surface area (Å²) in [6.07, 6.45) is 6.38. The highest BCUT2D eigenvalue weighted by Gasteiger charge is 2.09. The molecule has 0 amide bonds. The lowest BCUT2D eigenvalue weighted by Gasteiger charge is -2.26. The number of aromatic nitrogens is 1. The second kappa shape index (κ2) is 7.26. The Morgan fingerprint density at radius 1 is 1.23 bits per heavy atom. The molecule has 22 heavy (non-hydrogen) atoms. The van der Waals surface area contributed by atoms with Crippen LogP contribution in [0, 0.1) is 12.3 Å². The first-order valence-corrected chi connectivity index (χ1v) is 7.65. The van der Waals surface area contributed by atoms with Crippen molar-refractivity contribution in [3.05, 3.63) is 36.0 Å². The van der Waals surface area contributed by atoms with Crippen LogP contribution in [0.25, 0.3) is 10.9 Å². The van der Waals surface area contributed by atoms with Crippen LogP contribution >= 0.6 is 0 Å². The van der Waals surface area contributed by atoms with E-state index in [1.165, 1.54) is 0 Å². The molecule has 1 aliphatic rings. The number of rotatable bonds is 5. The van der Waals surface area contributed by atoms with Gasteiger partial charge in [-0.3, -0.25) is 4.90 Å². The molecule has 0 N–H and O–H groups in total. The molecule has 0 unspecified atom stereocenters. The van der Waals surface area contributed by atoms with E-state index < -0.39 is 0 Å². The van der Waals surface area contributed by atoms with E-state index in [2.05, 4.69) is 15.8 Å². The predicted octanol–water partition coefficient (Wildman–Crippen LogP) is 2.32. The maximum Gasteiger partial charge on any atom is 0.120 e. The molecule has 0 saturated carbocycles. The fourth-order valence-corrected chi connectivity index (χ4v) is 2.58. The summed E-state index contributed by atoms with van der Waals surface area (Å²) < 4.78 is 11.2. The zero-order chi connectivity index (χ0) is 15.2. The summed E-state index contributed by atoms with van der Waals surface area (Å²) in [5, 5.41) is 1.05. The van der Waals surface area contributed by atoms with Gasteiger partial charge < -0.3 is 9.47 Å². The van der Waals surface area contributed by atoms with Crippen LogP contribution in [-0.2, 0) is 4.74 Å². The number of benzene rings is 1. The van der Waals surface area contributed by atoms with Crippen molar-refractivity contribution in [2.75, 3.05) is 39.5 Å². The quantitative estimate of drug-likeness (QED) is 0.626. The molecular weight excluding hydrogens is 276 g/mol. The van der Waals surface area contributed by atoms with Crippen LogP contribution in [0.1, 0.15) is 12.1 Å². The third-order valence-corrected chi connectivity index (χ3v) is 3.80. The van der Waals surface area contributed by atoms with Gasteiger partial charge in [0.15, 0.2) is 0 Å². The third-order valence-electron chi connectivity index (χ3n) is 3.80. The van der Waals surface area contributed by atoms with Gasteiger partial charge in [0.2, 0.25) is 0 Å². The topological polar surface area (TPSA) is 34.6 Å². The molecule has 4 nitrogen and oxygen atoms in total. The van der Waals surface area contributed by atoms with Gasteiger partial charge in [-0.15, -0.1) is 6.42 Å². The van der Waals surface area contributed by atoms with Gasteiger partial charge in [-0.1, -0.05) is 5.92 Å². The maximum atomic E-state index is 5.84. The Bertz CT molecular complexity index is 672. The Morgan fingerprint density at radius 3 is 2.91 bits per heavy atom. The minimum Gasteiger partial charge on any atom is -0.494 e. The van der Waals surface area contributed by atoms with E-state index in [0.717, 1.165) is 62.5 Å². The molecule has 0 aliphatic carbocycles. The predicted molar refractivity (Wildman–Crippen MR) is 87.0 cm³/mol. The van der Waals surface area contributed by atoms with Crippen LogP contribution in [0.15, 0.2) is 30.3 Å². The van der Waals surface area contributed by atoms with Crippen LogP contribution in [0.5, 0.6) is 5.75 Å². The Kier molecular flexibility index (Phi) is 4.89. The molecule has 4 heteroatoms. The Hall–Kier alpha value is -2.09. The van der Waals surface area contributed by atoms with E-state index in [4.69, 9.17) is 15.9 Å². The summed E-state index contributed by atoms with van der Waals surface area (Å²) in [5.74, 6) is 3.43. The maximum absolute atomic E-state index is 5.84. The third kappa shape index (κ3) is 3.76. The smallest absolute Gasteiger partial charge is 0.120 e. The van der Waals surface area contributed by atoms with Crippen molar-refractivity contribution < 1.29 is 9.47 Å². The van der Waals surface area contributed by atoms with E-state index in [-0.39, 0.29) is 0 Å². The van der Waals surface area contributed by atoms with Gasteiger partial charge >= 0.3 is 0 Å². The van der Waals surface area contributed by atoms with E-state index in [1.807, 2.05) is 30.3 Å². The molecule has 0 bridgehead atoms. The number of hydrogen-bond donors (Lipinski definition) is 0. The fourth-order valence-electron chi connectivity index (χ4n) is 2.58. The summed E-state index contributed by atoms with van der Waals surface area (Å²) in [6.45, 7) is 5.53. The van der Waals surface area contributed by atoms with Crippen molar-refractivity contribution in [2.45, 2.75) is 6.42 Å². The number of morpholine rings is 1. The lowest BCUT2D eigenvalue weighted by Crippen LogP contribution is -2.37. The molecule has 2 aromatic rings. The number of pyridine rings is 1. The van der Waals surface area contributed by atoms with Crippen molar-refractivity contribution in [2.24, 2.45) is 0 Å². The zero-order valence-corrected chi connectivity index (χ0v) is 12.6. The number of ether oxygens (including phenoxy) is 2. The Balaban J connectivity index is 1.52. The van der Waals surface area contributed by atoms with E-state index >= 15 is 0 Å². The summed E-state index contributed by atoms with van der Waals surface area (Å²) in [6, 6.07) is 9.75. The lowest BCUT2D eigenvalue weighted by atomic mass is 10.2. The van der Waals surface area contributed by atoms with Gasteiger partial charge in [-0.25, -0.2) is 4.98 Å². The van der Waals surface area contributed by atoms with Gasteiger partial charge in [0.25, 0.3) is 0 Å². The molecule has 1 saturated heterocycles. The van der Waals surface area contributed by atoms with E-state index in [1.54, 1.807) is 0 Å². The number of terminal acetylenes is 1. The van der Waals surface area contributed by atoms with Crippen LogP contribution in [0.3, 0.4) is 0 Å². The van der Waals surface area contributed by atoms with Crippen LogP contribution in [-0.4, -0.2) is 49.3 Å². The van der Waals surface area contributed by atoms with Crippen molar-refractivity contribution in [3.8, 4) is 18.1 Å². The second-order valence-corrected chi connectivity index (χ2v) is 5.35. The van der Waals surface area contributed by atoms with Crippen LogP contribution in [0.2, 0.25) is 0 Å². The molecule has 1 aromatic carbocycles. The standard InChI is InChI=1S/C18H20N2O2/c1-2-16-5-4-15-14-17(6-7-18(15)19-16)22-11-3-8-20-9-12-21-13-10-20/h1,4-7,14H,3,8-13H2. The highest BCUT2D eigenvalue weighted by molar-refractivity contribution is 5.80. The molecule has 1 fully saturated rings. The first-order chi connectivity index (χ1) is 10.8.